The Hall–Kier alpha value is -0.848. The molecule has 0 saturated carbocycles. The average molecular weight is 1050 g/mol. The molecule has 3 aromatic carbocycles. The van der Waals surface area contributed by atoms with Crippen LogP contribution in [-0.2, 0) is 98.1 Å². The second-order valence-corrected chi connectivity index (χ2v) is 7.69. The maximum Gasteiger partial charge on any atom is 0.0716 e. The third-order valence-electron chi connectivity index (χ3n) is 5.07. The Balaban J connectivity index is -0.0000000379. The number of halogens is 1. The molecule has 0 amide bonds. The molecule has 0 bridgehead atoms. The van der Waals surface area contributed by atoms with Gasteiger partial charge in [-0.25, -0.2) is 0 Å². The predicted octanol–water partition coefficient (Wildman–Crippen LogP) is 19.3. The van der Waals surface area contributed by atoms with Gasteiger partial charge in [-0.2, -0.15) is 25.0 Å². The number of para-hydroxylation sites is 3. The number of nitrogens with zero attached hydrogens (tertiary/aromatic N) is 3. The maximum absolute atomic E-state index is 5.92. The molecular weight excluding hydrogens is 961 g/mol. The van der Waals surface area contributed by atoms with Gasteiger partial charge in [0.05, 0.1) is 10.5 Å². The summed E-state index contributed by atoms with van der Waals surface area (Å²) in [5.74, 6) is 0. The smallest absolute Gasteiger partial charge is 0.0716 e. The fourth-order valence-corrected chi connectivity index (χ4v) is 3.59. The standard InChI is InChI=1S/2C10H8N.C9H6ClN.9C2H6.2CH3.2H2N.3Y/c2*1-8-6-7-11-10-5-3-2-4-9(8)10;10-8-5-6-11-9-4-2-1-3-7(8)9;9*1-2;;;;;;;/h2*2-7H,1H2;1-6H;9*1-2H3;2*1H3;2*1H2;;;/q2*-1;;;;;;;;;;;4*-1;;;. The molecule has 0 aliphatic rings. The zero-order valence-electron chi connectivity index (χ0n) is 40.9. The summed E-state index contributed by atoms with van der Waals surface area (Å²) in [7, 11) is 0. The monoisotopic (exact) mass is 1050 g/mol. The van der Waals surface area contributed by atoms with Crippen LogP contribution in [0.3, 0.4) is 0 Å². The van der Waals surface area contributed by atoms with Crippen LogP contribution in [0.4, 0.5) is 0 Å². The van der Waals surface area contributed by atoms with Gasteiger partial charge in [-0.3, -0.25) is 15.0 Å². The zero-order chi connectivity index (χ0) is 41.0. The maximum atomic E-state index is 5.92. The van der Waals surface area contributed by atoms with Crippen LogP contribution in [-0.4, -0.2) is 15.0 Å². The van der Waals surface area contributed by atoms with Crippen LogP contribution in [0.2, 0.25) is 5.02 Å². The second kappa shape index (κ2) is 76.8. The first kappa shape index (κ1) is 92.4. The first-order valence-electron chi connectivity index (χ1n) is 19.4. The number of nitrogens with two attached hydrogens (primary N) is 2. The van der Waals surface area contributed by atoms with Gasteiger partial charge in [-0.15, -0.1) is 35.0 Å². The van der Waals surface area contributed by atoms with Crippen molar-refractivity contribution in [3.05, 3.63) is 167 Å². The van der Waals surface area contributed by atoms with Crippen molar-refractivity contribution in [1.82, 2.24) is 15.0 Å². The predicted molar refractivity (Wildman–Crippen MR) is 265 cm³/mol. The molecule has 3 heterocycles. The van der Waals surface area contributed by atoms with Crippen molar-refractivity contribution in [1.29, 1.82) is 0 Å². The summed E-state index contributed by atoms with van der Waals surface area (Å²) in [6.45, 7) is 43.8. The molecule has 58 heavy (non-hydrogen) atoms. The summed E-state index contributed by atoms with van der Waals surface area (Å²) in [5, 5.41) is 4.04. The SMILES string of the molecule is CC.CC.CC.CC.CC.CC.CC.CC.CC.Clc1ccnc2ccccc12.[CH2-]c1ccnc2ccccc12.[CH2-]c1ccnc2ccccc12.[CH3-].[CH3-].[NH2-].[NH2-].[Y].[Y].[Y]. The van der Waals surface area contributed by atoms with Crippen molar-refractivity contribution < 1.29 is 98.1 Å². The molecule has 0 fully saturated rings. The molecule has 3 aromatic heterocycles. The summed E-state index contributed by atoms with van der Waals surface area (Å²) >= 11 is 5.92. The number of fused-ring (bicyclic) bond motifs is 3. The molecule has 0 spiro atoms. The molecule has 0 atom stereocenters. The third-order valence-corrected chi connectivity index (χ3v) is 5.40. The van der Waals surface area contributed by atoms with Crippen molar-refractivity contribution in [3.8, 4) is 0 Å². The molecule has 6 aromatic rings. The first-order chi connectivity index (χ1) is 25.1. The molecule has 0 saturated heterocycles. The van der Waals surface area contributed by atoms with E-state index in [1.54, 1.807) is 24.7 Å². The summed E-state index contributed by atoms with van der Waals surface area (Å²) < 4.78 is 0. The molecular formula is C49H86ClN5Y3-6. The van der Waals surface area contributed by atoms with E-state index < -0.39 is 0 Å². The van der Waals surface area contributed by atoms with Crippen LogP contribution >= 0.6 is 11.6 Å². The van der Waals surface area contributed by atoms with E-state index in [1.165, 1.54) is 0 Å². The Labute approximate surface area is 443 Å². The summed E-state index contributed by atoms with van der Waals surface area (Å²) in [4.78, 5) is 12.6. The van der Waals surface area contributed by atoms with E-state index in [0.29, 0.717) is 0 Å². The van der Waals surface area contributed by atoms with E-state index in [9.17, 15) is 0 Å². The van der Waals surface area contributed by atoms with Crippen molar-refractivity contribution in [2.75, 3.05) is 0 Å². The van der Waals surface area contributed by atoms with Gasteiger partial charge >= 0.3 is 0 Å². The summed E-state index contributed by atoms with van der Waals surface area (Å²) in [6, 6.07) is 29.5. The van der Waals surface area contributed by atoms with Gasteiger partial charge in [0.25, 0.3) is 0 Å². The van der Waals surface area contributed by atoms with Crippen LogP contribution in [0.5, 0.6) is 0 Å². The van der Waals surface area contributed by atoms with Gasteiger partial charge in [0.15, 0.2) is 0 Å². The summed E-state index contributed by atoms with van der Waals surface area (Å²) in [6.07, 6.45) is 5.28. The van der Waals surface area contributed by atoms with Crippen molar-refractivity contribution in [2.24, 2.45) is 0 Å². The molecule has 6 rings (SSSR count). The van der Waals surface area contributed by atoms with Crippen LogP contribution in [0.15, 0.2) is 110 Å². The van der Waals surface area contributed by atoms with Gasteiger partial charge in [-0.1, -0.05) is 179 Å². The number of hydrogen-bond acceptors (Lipinski definition) is 3. The number of pyridine rings is 3. The van der Waals surface area contributed by atoms with Gasteiger partial charge in [0, 0.05) is 121 Å². The molecule has 3 radical (unpaired) electrons. The van der Waals surface area contributed by atoms with Crippen LogP contribution in [0.1, 0.15) is 136 Å². The van der Waals surface area contributed by atoms with Crippen LogP contribution < -0.4 is 0 Å². The quantitative estimate of drug-likeness (QED) is 0.141. The van der Waals surface area contributed by atoms with Gasteiger partial charge in [0.1, 0.15) is 0 Å². The van der Waals surface area contributed by atoms with E-state index in [2.05, 4.69) is 28.8 Å². The van der Waals surface area contributed by atoms with Gasteiger partial charge in [-0.05, 0) is 36.7 Å². The van der Waals surface area contributed by atoms with E-state index in [0.717, 1.165) is 48.9 Å². The van der Waals surface area contributed by atoms with Crippen LogP contribution in [0.25, 0.3) is 45.0 Å². The summed E-state index contributed by atoms with van der Waals surface area (Å²) in [5.41, 5.74) is 5.05. The fourth-order valence-electron chi connectivity index (χ4n) is 3.37. The minimum atomic E-state index is 0. The number of aromatic nitrogens is 3. The topological polar surface area (TPSA) is 106 Å². The van der Waals surface area contributed by atoms with E-state index in [-0.39, 0.29) is 125 Å². The normalized spacial score (nSPS) is 6.74. The molecule has 0 unspecified atom stereocenters. The van der Waals surface area contributed by atoms with E-state index in [1.807, 2.05) is 210 Å². The van der Waals surface area contributed by atoms with Crippen molar-refractivity contribution in [3.63, 3.8) is 0 Å². The Morgan fingerprint density at radius 1 is 0.345 bits per heavy atom. The zero-order valence-corrected chi connectivity index (χ0v) is 50.2. The van der Waals surface area contributed by atoms with Crippen molar-refractivity contribution >= 4 is 44.3 Å². The molecule has 0 aliphatic carbocycles. The fraction of sp³-hybridized carbons (Fsp3) is 0.367. The Kier molecular flexibility index (Phi) is 122. The van der Waals surface area contributed by atoms with E-state index in [4.69, 9.17) is 11.6 Å². The third kappa shape index (κ3) is 41.9. The Morgan fingerprint density at radius 2 is 0.552 bits per heavy atom. The average Bonchev–Trinajstić information content (AvgIpc) is 3.26. The number of rotatable bonds is 0. The molecule has 9 heteroatoms. The molecule has 4 N–H and O–H groups in total. The largest absolute Gasteiger partial charge is 0.693 e. The molecule has 0 aliphatic heterocycles. The van der Waals surface area contributed by atoms with E-state index >= 15 is 0 Å². The van der Waals surface area contributed by atoms with Gasteiger partial charge < -0.3 is 27.2 Å². The Bertz CT molecular complexity index is 1340. The number of benzene rings is 3. The van der Waals surface area contributed by atoms with Crippen molar-refractivity contribution in [2.45, 2.75) is 125 Å². The Morgan fingerprint density at radius 3 is 0.793 bits per heavy atom. The number of hydrogen-bond donors (Lipinski definition) is 0. The second-order valence-electron chi connectivity index (χ2n) is 7.28. The molecule has 329 valence electrons. The molecule has 5 nitrogen and oxygen atoms in total. The van der Waals surface area contributed by atoms with Crippen LogP contribution in [0, 0.1) is 28.7 Å². The first-order valence-corrected chi connectivity index (χ1v) is 19.8. The minimum absolute atomic E-state index is 0. The van der Waals surface area contributed by atoms with Gasteiger partial charge in [0.2, 0.25) is 0 Å². The minimum Gasteiger partial charge on any atom is -0.693 e.